The molecule has 146 valence electrons. The zero-order valence-corrected chi connectivity index (χ0v) is 15.1. The second-order valence-corrected chi connectivity index (χ2v) is 8.15. The molecule has 27 heavy (non-hydrogen) atoms. The lowest BCUT2D eigenvalue weighted by atomic mass is 9.48. The lowest BCUT2D eigenvalue weighted by molar-refractivity contribution is -0.0340. The molecule has 0 aromatic heterocycles. The summed E-state index contributed by atoms with van der Waals surface area (Å²) in [5.74, 6) is 3.39. The maximum absolute atomic E-state index is 9.75. The van der Waals surface area contributed by atoms with E-state index < -0.39 is 7.25 Å². The third-order valence-electron chi connectivity index (χ3n) is 6.16. The molecule has 4 bridgehead atoms. The minimum Gasteiger partial charge on any atom is -0.481 e. The highest BCUT2D eigenvalue weighted by Gasteiger charge is 2.52. The van der Waals surface area contributed by atoms with Crippen LogP contribution in [-0.2, 0) is 0 Å². The van der Waals surface area contributed by atoms with Gasteiger partial charge in [-0.2, -0.15) is 0 Å². The van der Waals surface area contributed by atoms with E-state index in [2.05, 4.69) is 11.6 Å². The van der Waals surface area contributed by atoms with E-state index >= 15 is 0 Å². The van der Waals surface area contributed by atoms with Crippen molar-refractivity contribution < 1.29 is 22.0 Å². The van der Waals surface area contributed by atoms with Gasteiger partial charge in [0.15, 0.2) is 4.98 Å². The predicted octanol–water partition coefficient (Wildman–Crippen LogP) is 6.62. The fourth-order valence-electron chi connectivity index (χ4n) is 5.52. The van der Waals surface area contributed by atoms with Gasteiger partial charge in [0, 0.05) is 6.07 Å². The van der Waals surface area contributed by atoms with E-state index in [1.165, 1.54) is 44.1 Å². The van der Waals surface area contributed by atoms with Crippen LogP contribution in [0.4, 0.5) is 23.0 Å². The van der Waals surface area contributed by atoms with Crippen molar-refractivity contribution in [3.63, 3.8) is 0 Å². The summed E-state index contributed by atoms with van der Waals surface area (Å²) in [5, 5.41) is 9.04. The maximum atomic E-state index is 9.75. The first-order valence-corrected chi connectivity index (χ1v) is 9.31. The van der Waals surface area contributed by atoms with Crippen LogP contribution in [0.2, 0.25) is 0 Å². The molecule has 4 saturated carbocycles. The fourth-order valence-corrected chi connectivity index (χ4v) is 5.52. The molecular weight excluding hydrogens is 359 g/mol. The van der Waals surface area contributed by atoms with Gasteiger partial charge in [0.25, 0.3) is 0 Å². The summed E-state index contributed by atoms with van der Waals surface area (Å²) in [5.41, 5.74) is 2.06. The van der Waals surface area contributed by atoms with Crippen molar-refractivity contribution in [2.24, 2.45) is 23.2 Å². The maximum Gasteiger partial charge on any atom is 0.673 e. The predicted molar refractivity (Wildman–Crippen MR) is 96.6 cm³/mol. The first kappa shape index (κ1) is 19.7. The van der Waals surface area contributed by atoms with E-state index in [4.69, 9.17) is 10.1 Å². The Labute approximate surface area is 156 Å². The molecular formula is C19H23BF4N2O. The Bertz CT molecular complexity index is 703. The van der Waals surface area contributed by atoms with Crippen LogP contribution >= 0.6 is 0 Å². The average molecular weight is 382 g/mol. The first-order valence-electron chi connectivity index (χ1n) is 9.31. The number of nitrogens with zero attached hydrogens (tertiary/aromatic N) is 2. The summed E-state index contributed by atoms with van der Waals surface area (Å²) in [4.78, 5) is 3.29. The van der Waals surface area contributed by atoms with Crippen molar-refractivity contribution >= 4 is 12.9 Å². The largest absolute Gasteiger partial charge is 0.673 e. The molecule has 3 nitrogen and oxygen atoms in total. The second kappa shape index (κ2) is 7.53. The van der Waals surface area contributed by atoms with E-state index in [-0.39, 0.29) is 0 Å². The van der Waals surface area contributed by atoms with E-state index in [1.54, 1.807) is 6.07 Å². The van der Waals surface area contributed by atoms with Gasteiger partial charge in [-0.25, -0.2) is 0 Å². The number of para-hydroxylation sites is 1. The van der Waals surface area contributed by atoms with Crippen molar-refractivity contribution in [3.05, 3.63) is 41.4 Å². The topological polar surface area (TPSA) is 37.4 Å². The highest BCUT2D eigenvalue weighted by molar-refractivity contribution is 6.50. The normalized spacial score (nSPS) is 30.9. The number of rotatable bonds is 4. The number of halogens is 4. The fraction of sp³-hybridized carbons (Fsp3) is 0.579. The van der Waals surface area contributed by atoms with Crippen LogP contribution in [0.5, 0.6) is 5.75 Å². The van der Waals surface area contributed by atoms with E-state index in [9.17, 15) is 17.3 Å². The van der Waals surface area contributed by atoms with Crippen LogP contribution in [0.15, 0.2) is 36.4 Å². The molecule has 8 heteroatoms. The van der Waals surface area contributed by atoms with Crippen LogP contribution in [0.1, 0.15) is 38.5 Å². The number of hydrogen-bond donors (Lipinski definition) is 0. The van der Waals surface area contributed by atoms with Gasteiger partial charge in [0.2, 0.25) is 11.1 Å². The van der Waals surface area contributed by atoms with Crippen molar-refractivity contribution in [1.82, 2.24) is 0 Å². The molecule has 0 aliphatic heterocycles. The highest BCUT2D eigenvalue weighted by atomic mass is 19.5. The summed E-state index contributed by atoms with van der Waals surface area (Å²) in [6.07, 6.45) is 8.27. The van der Waals surface area contributed by atoms with Crippen LogP contribution in [0, 0.1) is 28.6 Å². The summed E-state index contributed by atoms with van der Waals surface area (Å²) >= 11 is 0. The number of ether oxygens (including phenoxy) is 1. The van der Waals surface area contributed by atoms with Gasteiger partial charge in [-0.1, -0.05) is 18.7 Å². The zero-order chi connectivity index (χ0) is 19.7. The molecule has 0 amide bonds. The third-order valence-corrected chi connectivity index (χ3v) is 6.16. The molecule has 5 rings (SSSR count). The Morgan fingerprint density at radius 3 is 2.04 bits per heavy atom. The van der Waals surface area contributed by atoms with Crippen molar-refractivity contribution in [1.29, 1.82) is 5.39 Å². The van der Waals surface area contributed by atoms with Gasteiger partial charge in [0.05, 0.1) is 0 Å². The summed E-state index contributed by atoms with van der Waals surface area (Å²) in [6, 6.07) is 7.35. The van der Waals surface area contributed by atoms with Crippen molar-refractivity contribution in [3.8, 4) is 5.75 Å². The number of diazo groups is 1. The lowest BCUT2D eigenvalue weighted by Gasteiger charge is -2.57. The van der Waals surface area contributed by atoms with E-state index in [0.717, 1.165) is 17.8 Å². The van der Waals surface area contributed by atoms with Crippen LogP contribution < -0.4 is 4.74 Å². The molecule has 0 radical (unpaired) electrons. The molecule has 0 N–H and O–H groups in total. The third kappa shape index (κ3) is 4.82. The Balaban J connectivity index is 0.000000376. The number of hydrogen-bond acceptors (Lipinski definition) is 2. The standard InChI is InChI=1S/C19H23N2O.BF4/c1-13(12-22-18-5-3-2-4-17(18)21-20)19-9-14-6-15(10-19)8-16(7-14)11-19;2-1(3,4)5/h2-5,14-16H,1,6-12H2;/q+1;-1. The monoisotopic (exact) mass is 382 g/mol. The molecule has 0 heterocycles. The van der Waals surface area contributed by atoms with Crippen LogP contribution in [-0.4, -0.2) is 13.9 Å². The van der Waals surface area contributed by atoms with E-state index in [1.807, 2.05) is 18.2 Å². The molecule has 4 aliphatic carbocycles. The number of benzene rings is 1. The molecule has 0 unspecified atom stereocenters. The first-order chi connectivity index (χ1) is 12.7. The molecule has 1 aromatic carbocycles. The summed E-state index contributed by atoms with van der Waals surface area (Å²) < 4.78 is 44.9. The van der Waals surface area contributed by atoms with Crippen LogP contribution in [0.25, 0.3) is 4.98 Å². The minimum atomic E-state index is -6.00. The van der Waals surface area contributed by atoms with Crippen molar-refractivity contribution in [2.75, 3.05) is 6.61 Å². The SMILES string of the molecule is C=C(COc1ccccc1[N+]#N)C12CC3CC(CC(C3)C1)C2.F[B-](F)(F)F. The molecule has 4 aliphatic rings. The smallest absolute Gasteiger partial charge is 0.481 e. The zero-order valence-electron chi connectivity index (χ0n) is 15.1. The molecule has 4 fully saturated rings. The second-order valence-electron chi connectivity index (χ2n) is 8.15. The van der Waals surface area contributed by atoms with Gasteiger partial charge in [-0.15, -0.1) is 0 Å². The summed E-state index contributed by atoms with van der Waals surface area (Å²) in [6.45, 7) is 4.94. The molecule has 0 saturated heterocycles. The Kier molecular flexibility index (Phi) is 5.50. The van der Waals surface area contributed by atoms with Crippen LogP contribution in [0.3, 0.4) is 0 Å². The van der Waals surface area contributed by atoms with E-state index in [0.29, 0.717) is 23.5 Å². The molecule has 1 aromatic rings. The lowest BCUT2D eigenvalue weighted by Crippen LogP contribution is -2.47. The molecule has 0 spiro atoms. The Morgan fingerprint density at radius 1 is 1.07 bits per heavy atom. The highest BCUT2D eigenvalue weighted by Crippen LogP contribution is 2.62. The van der Waals surface area contributed by atoms with Gasteiger partial charge < -0.3 is 22.0 Å². The van der Waals surface area contributed by atoms with Gasteiger partial charge in [0.1, 0.15) is 6.61 Å². The van der Waals surface area contributed by atoms with Gasteiger partial charge in [-0.05, 0) is 73.3 Å². The van der Waals surface area contributed by atoms with Crippen molar-refractivity contribution in [2.45, 2.75) is 38.5 Å². The quantitative estimate of drug-likeness (QED) is 0.254. The Morgan fingerprint density at radius 2 is 1.56 bits per heavy atom. The molecule has 0 atom stereocenters. The van der Waals surface area contributed by atoms with Gasteiger partial charge >= 0.3 is 12.9 Å². The Hall–Kier alpha value is -2.04. The minimum absolute atomic E-state index is 0.319. The van der Waals surface area contributed by atoms with Gasteiger partial charge in [-0.3, -0.25) is 0 Å². The average Bonchev–Trinajstić information content (AvgIpc) is 2.57. The summed E-state index contributed by atoms with van der Waals surface area (Å²) in [7, 11) is -6.00.